The summed E-state index contributed by atoms with van der Waals surface area (Å²) < 4.78 is 29.4. The maximum Gasteiger partial charge on any atom is 0.309 e. The Kier molecular flexibility index (Phi) is 33.6. The molecule has 10 fully saturated rings. The van der Waals surface area contributed by atoms with Crippen LogP contribution in [0.25, 0.3) is 33.4 Å². The molecule has 14 nitrogen and oxygen atoms in total. The van der Waals surface area contributed by atoms with Gasteiger partial charge in [-0.1, -0.05) is 243 Å². The second kappa shape index (κ2) is 46.4. The van der Waals surface area contributed by atoms with E-state index in [0.29, 0.717) is 42.0 Å². The van der Waals surface area contributed by atoms with Crippen molar-refractivity contribution in [2.75, 3.05) is 0 Å². The van der Waals surface area contributed by atoms with Crippen molar-refractivity contribution >= 4 is 156 Å². The highest BCUT2D eigenvalue weighted by atomic mass is 79.9. The smallest absolute Gasteiger partial charge is 0.309 e. The summed E-state index contributed by atoms with van der Waals surface area (Å²) in [6, 6.07) is 78.9. The zero-order valence-corrected chi connectivity index (χ0v) is 92.6. The van der Waals surface area contributed by atoms with Crippen LogP contribution in [0.4, 0.5) is 0 Å². The lowest BCUT2D eigenvalue weighted by Gasteiger charge is -2.41. The number of aryl methyl sites for hydroxylation is 4. The first-order valence-corrected chi connectivity index (χ1v) is 55.9. The number of esters is 4. The first-order valence-electron chi connectivity index (χ1n) is 51.4. The van der Waals surface area contributed by atoms with Crippen LogP contribution < -0.4 is 0 Å². The molecule has 26 atom stereocenters. The Balaban J connectivity index is 0.000000117. The lowest BCUT2D eigenvalue weighted by atomic mass is 9.62. The van der Waals surface area contributed by atoms with Crippen molar-refractivity contribution in [1.29, 1.82) is 0 Å². The van der Waals surface area contributed by atoms with Crippen LogP contribution in [0, 0.1) is 86.9 Å². The Hall–Kier alpha value is -9.24. The summed E-state index contributed by atoms with van der Waals surface area (Å²) in [5.41, 5.74) is 21.3. The summed E-state index contributed by atoms with van der Waals surface area (Å²) >= 11 is 67.3. The average molecular weight is 2250 g/mol. The minimum Gasteiger partial charge on any atom is -0.462 e. The molecule has 9 heterocycles. The molecule has 0 amide bonds. The van der Waals surface area contributed by atoms with Crippen molar-refractivity contribution in [3.8, 4) is 33.4 Å². The van der Waals surface area contributed by atoms with Gasteiger partial charge in [-0.3, -0.25) is 39.1 Å². The maximum absolute atomic E-state index is 12.6. The first kappa shape index (κ1) is 107. The van der Waals surface area contributed by atoms with Crippen LogP contribution in [0.1, 0.15) is 236 Å². The number of hydrogen-bond acceptors (Lipinski definition) is 14. The van der Waals surface area contributed by atoms with E-state index in [4.69, 9.17) is 160 Å². The van der Waals surface area contributed by atoms with E-state index in [1.54, 1.807) is 36.4 Å². The van der Waals surface area contributed by atoms with Crippen LogP contribution in [0.2, 0.25) is 50.2 Å². The highest BCUT2D eigenvalue weighted by Crippen LogP contribution is 2.62. The van der Waals surface area contributed by atoms with E-state index < -0.39 is 6.29 Å². The molecule has 766 valence electrons. The van der Waals surface area contributed by atoms with Gasteiger partial charge in [-0.05, 0) is 343 Å². The third-order valence-electron chi connectivity index (χ3n) is 33.3. The van der Waals surface area contributed by atoms with Gasteiger partial charge in [0.25, 0.3) is 0 Å². The lowest BCUT2D eigenvalue weighted by Crippen LogP contribution is -2.36. The van der Waals surface area contributed by atoms with Crippen LogP contribution in [0.3, 0.4) is 0 Å². The molecule has 0 radical (unpaired) electrons. The SMILES string of the molecule is CC1OC(=O)C2CCC(c3ccccc3)C(c3ccc(-c4cc(Cl)ccc4Cl)cn3)C12.Cc1ccc(C2CCC3C(=O)OC(C)C3C2c2ccc(-c3cc(Cl)ccc3Cl)cn2)c(Cl)c1.Cc1ccc(C2CCC3C(=O)OC(C)C3C2c2ccc(-c3cc(Cl)ccc3Cl)cn2)cc1.Cc1ccc(C2CCC3C(=O)OC(C)C3C2c2ccc(Cl)cc2)c(Cl)c1.Cc1ccc(C2CCC3C(O)OC(C)C3C2c2ccc(Br)cn2)c(Cl)c1. The molecule has 1 N–H and O–H groups in total. The molecule has 0 bridgehead atoms. The summed E-state index contributed by atoms with van der Waals surface area (Å²) in [4.78, 5) is 69.3. The Morgan fingerprint density at radius 2 is 0.581 bits per heavy atom. The van der Waals surface area contributed by atoms with Crippen LogP contribution in [0.15, 0.2) is 266 Å². The summed E-state index contributed by atoms with van der Waals surface area (Å²) in [5.74, 6) is 2.27. The van der Waals surface area contributed by atoms with Gasteiger partial charge in [0.1, 0.15) is 24.4 Å². The fourth-order valence-electron chi connectivity index (χ4n) is 26.5. The standard InChI is InChI=1S/C27H24Cl3NO2.C27H25Cl2NO2.C26H23Cl2NO2.C22H22Cl2O2.C21H23BrClNO2/c1-14-3-6-18(23(30)11-14)19-7-8-20-25(15(2)33-27(20)32)26(19)24-10-4-16(13-31-24)21-12-17(28)5-9-22(21)29;1-15-3-5-17(6-4-15)20-9-10-21-25(16(2)32-27(21)31)26(20)24-12-7-18(14-30-24)22-13-19(28)8-11-23(22)29;1-15-24-20(26(30)31-15)10-9-19(16-5-3-2-4-6-16)25(24)23-12-7-17(14-29-23)21-13-18(27)8-11-22(21)28;1-12-3-8-16(19(24)11-12)17-9-10-18-20(13(2)26-22(18)25)21(17)14-4-6-15(23)7-5-14;1-11-3-5-14(17(23)9-11)15-6-7-16-19(12(2)26-21(16)25)20(15)18-8-4-13(22)10-24-18/h3-6,9-13,15,19-20,25-26H,7-8H2,1-2H3;3-8,11-14,16,20-21,25-26H,9-10H2,1-2H3;2-8,11-15,19-20,24-25H,9-10H2,1H3;3-8,11,13,17-18,20-21H,9-10H2,1-2H3;3-5,8-10,12,15-16,19-21,25H,6-7H2,1-2H3. The minimum absolute atomic E-state index is 0.00234. The molecule has 5 saturated carbocycles. The molecule has 5 aliphatic heterocycles. The van der Waals surface area contributed by atoms with Gasteiger partial charge in [-0.15, -0.1) is 0 Å². The van der Waals surface area contributed by atoms with Crippen molar-refractivity contribution < 1.29 is 48.0 Å². The molecule has 23 rings (SSSR count). The highest BCUT2D eigenvalue weighted by Gasteiger charge is 2.58. The largest absolute Gasteiger partial charge is 0.462 e. The summed E-state index contributed by atoms with van der Waals surface area (Å²) in [7, 11) is 0. The van der Waals surface area contributed by atoms with Crippen molar-refractivity contribution in [2.24, 2.45) is 59.2 Å². The lowest BCUT2D eigenvalue weighted by molar-refractivity contribution is -0.144. The number of nitrogens with zero attached hydrogens (tertiary/aromatic N) is 4. The summed E-state index contributed by atoms with van der Waals surface area (Å²) in [6.45, 7) is 18.4. The molecule has 25 heteroatoms. The normalized spacial score (nSPS) is 29.0. The minimum atomic E-state index is -0.678. The van der Waals surface area contributed by atoms with Crippen LogP contribution in [-0.2, 0) is 42.9 Å². The van der Waals surface area contributed by atoms with Crippen molar-refractivity contribution in [2.45, 2.75) is 223 Å². The Morgan fingerprint density at radius 3 is 0.939 bits per heavy atom. The molecule has 4 aromatic heterocycles. The fraction of sp³-hybridized carbons (Fsp3) is 0.366. The van der Waals surface area contributed by atoms with Gasteiger partial charge in [0.2, 0.25) is 0 Å². The Bertz CT molecular complexity index is 7000. The number of aliphatic hydroxyl groups excluding tert-OH is 1. The molecule has 26 unspecified atom stereocenters. The number of aliphatic hydroxyl groups is 1. The number of rotatable bonds is 13. The van der Waals surface area contributed by atoms with Gasteiger partial charge >= 0.3 is 23.9 Å². The van der Waals surface area contributed by atoms with Gasteiger partial charge in [-0.25, -0.2) is 0 Å². The van der Waals surface area contributed by atoms with Crippen LogP contribution in [0.5, 0.6) is 0 Å². The fourth-order valence-corrected chi connectivity index (χ4v) is 29.2. The molecule has 13 aromatic rings. The number of pyridine rings is 4. The van der Waals surface area contributed by atoms with E-state index in [-0.39, 0.29) is 161 Å². The van der Waals surface area contributed by atoms with Crippen molar-refractivity contribution in [1.82, 2.24) is 19.9 Å². The van der Waals surface area contributed by atoms with E-state index in [1.165, 1.54) is 38.9 Å². The van der Waals surface area contributed by atoms with Crippen molar-refractivity contribution in [3.63, 3.8) is 0 Å². The van der Waals surface area contributed by atoms with Crippen molar-refractivity contribution in [3.05, 3.63) is 394 Å². The molecule has 0 spiro atoms. The van der Waals surface area contributed by atoms with E-state index >= 15 is 0 Å². The average Bonchev–Trinajstić information content (AvgIpc) is 1.59. The molecule has 9 aromatic carbocycles. The number of aromatic nitrogens is 4. The number of hydrogen-bond donors (Lipinski definition) is 1. The first-order chi connectivity index (χ1) is 71.2. The molecule has 5 aliphatic carbocycles. The third kappa shape index (κ3) is 22.6. The van der Waals surface area contributed by atoms with Crippen LogP contribution >= 0.6 is 132 Å². The molecule has 148 heavy (non-hydrogen) atoms. The van der Waals surface area contributed by atoms with Gasteiger partial charge < -0.3 is 28.8 Å². The number of fused-ring (bicyclic) bond motifs is 5. The maximum atomic E-state index is 12.6. The van der Waals surface area contributed by atoms with Gasteiger partial charge in [0.05, 0.1) is 29.8 Å². The molecular formula is C123H117BrCl10N4O10. The number of carbonyl (C=O) groups excluding carboxylic acids is 4. The van der Waals surface area contributed by atoms with E-state index in [9.17, 15) is 24.3 Å². The Labute approximate surface area is 925 Å². The second-order valence-electron chi connectivity index (χ2n) is 42.0. The highest BCUT2D eigenvalue weighted by molar-refractivity contribution is 9.10. The number of halogens is 11. The summed E-state index contributed by atoms with van der Waals surface area (Å²) in [5, 5.41) is 17.3. The van der Waals surface area contributed by atoms with Gasteiger partial charge in [0.15, 0.2) is 6.29 Å². The number of cyclic esters (lactones) is 4. The van der Waals surface area contributed by atoms with Crippen LogP contribution in [-0.4, -0.2) is 85.7 Å². The predicted octanol–water partition coefficient (Wildman–Crippen LogP) is 33.5. The van der Waals surface area contributed by atoms with E-state index in [0.717, 1.165) is 162 Å². The summed E-state index contributed by atoms with van der Waals surface area (Å²) in [6.07, 6.45) is 15.2. The monoisotopic (exact) mass is 2240 g/mol. The van der Waals surface area contributed by atoms with Gasteiger partial charge in [-0.2, -0.15) is 0 Å². The Morgan fingerprint density at radius 1 is 0.277 bits per heavy atom. The second-order valence-corrected chi connectivity index (χ2v) is 47.1. The van der Waals surface area contributed by atoms with E-state index in [2.05, 4.69) is 165 Å². The van der Waals surface area contributed by atoms with Gasteiger partial charge in [0, 0.05) is 195 Å². The molecular weight excluding hydrogens is 2130 g/mol. The van der Waals surface area contributed by atoms with E-state index in [1.807, 2.05) is 138 Å². The number of benzene rings is 9. The number of ether oxygens (including phenoxy) is 5. The topological polar surface area (TPSA) is 186 Å². The zero-order chi connectivity index (χ0) is 104. The quantitative estimate of drug-likeness (QED) is 0.0848. The number of carbonyl (C=O) groups is 4. The third-order valence-corrected chi connectivity index (χ3v) is 36.7. The molecule has 5 saturated heterocycles. The molecule has 10 aliphatic rings. The predicted molar refractivity (Wildman–Crippen MR) is 596 cm³/mol. The zero-order valence-electron chi connectivity index (χ0n) is 83.5.